The lowest BCUT2D eigenvalue weighted by atomic mass is 10.2. The molecule has 1 unspecified atom stereocenters. The fraction of sp³-hybridized carbons (Fsp3) is 0.455. The van der Waals surface area contributed by atoms with E-state index >= 15 is 0 Å². The van der Waals surface area contributed by atoms with E-state index in [1.165, 1.54) is 12.1 Å². The largest absolute Gasteiger partial charge is 0.381 e. The van der Waals surface area contributed by atoms with Crippen LogP contribution >= 0.6 is 0 Å². The SMILES string of the molecule is CN1CCC(Nc2cc(NN)cc([N+](=O)[O-])c2)C1. The number of anilines is 2. The summed E-state index contributed by atoms with van der Waals surface area (Å²) < 4.78 is 0. The van der Waals surface area contributed by atoms with E-state index in [1.807, 2.05) is 0 Å². The van der Waals surface area contributed by atoms with Crippen LogP contribution in [0.1, 0.15) is 6.42 Å². The van der Waals surface area contributed by atoms with Crippen LogP contribution in [0.2, 0.25) is 0 Å². The maximum absolute atomic E-state index is 10.8. The Morgan fingerprint density at radius 3 is 2.72 bits per heavy atom. The number of hydrogen-bond acceptors (Lipinski definition) is 6. The van der Waals surface area contributed by atoms with Crippen molar-refractivity contribution >= 4 is 17.1 Å². The molecule has 2 rings (SSSR count). The van der Waals surface area contributed by atoms with Gasteiger partial charge in [0.1, 0.15) is 0 Å². The third kappa shape index (κ3) is 2.88. The number of rotatable bonds is 4. The number of likely N-dealkylation sites (N-methyl/N-ethyl adjacent to an activating group) is 1. The molecule has 1 fully saturated rings. The van der Waals surface area contributed by atoms with Crippen LogP contribution in [0.15, 0.2) is 18.2 Å². The first-order chi connectivity index (χ1) is 8.58. The zero-order valence-corrected chi connectivity index (χ0v) is 10.2. The van der Waals surface area contributed by atoms with Crippen LogP contribution in [-0.2, 0) is 0 Å². The Balaban J connectivity index is 2.16. The molecule has 1 aliphatic rings. The molecule has 0 spiro atoms. The summed E-state index contributed by atoms with van der Waals surface area (Å²) in [6.07, 6.45) is 1.03. The van der Waals surface area contributed by atoms with E-state index in [2.05, 4.69) is 22.7 Å². The molecule has 7 heteroatoms. The Kier molecular flexibility index (Phi) is 3.63. The van der Waals surface area contributed by atoms with Crippen LogP contribution in [-0.4, -0.2) is 36.0 Å². The predicted octanol–water partition coefficient (Wildman–Crippen LogP) is 0.996. The molecule has 0 bridgehead atoms. The number of nitrogens with zero attached hydrogens (tertiary/aromatic N) is 2. The van der Waals surface area contributed by atoms with Gasteiger partial charge >= 0.3 is 0 Å². The van der Waals surface area contributed by atoms with E-state index in [0.717, 1.165) is 25.2 Å². The molecular formula is C11H17N5O2. The second-order valence-corrected chi connectivity index (χ2v) is 4.56. The monoisotopic (exact) mass is 251 g/mol. The zero-order valence-electron chi connectivity index (χ0n) is 10.2. The lowest BCUT2D eigenvalue weighted by Gasteiger charge is -2.15. The van der Waals surface area contributed by atoms with Gasteiger partial charge < -0.3 is 15.6 Å². The number of nitrogen functional groups attached to an aromatic ring is 1. The Labute approximate surface area is 105 Å². The van der Waals surface area contributed by atoms with Gasteiger partial charge in [0.05, 0.1) is 10.6 Å². The maximum Gasteiger partial charge on any atom is 0.273 e. The number of benzene rings is 1. The van der Waals surface area contributed by atoms with Gasteiger partial charge in [0.15, 0.2) is 0 Å². The Hall–Kier alpha value is -1.86. The van der Waals surface area contributed by atoms with Crippen molar-refractivity contribution in [2.75, 3.05) is 30.9 Å². The summed E-state index contributed by atoms with van der Waals surface area (Å²) in [4.78, 5) is 12.6. The highest BCUT2D eigenvalue weighted by atomic mass is 16.6. The fourth-order valence-corrected chi connectivity index (χ4v) is 2.17. The van der Waals surface area contributed by atoms with Gasteiger partial charge in [-0.1, -0.05) is 0 Å². The van der Waals surface area contributed by atoms with E-state index in [9.17, 15) is 10.1 Å². The highest BCUT2D eigenvalue weighted by Gasteiger charge is 2.20. The van der Waals surface area contributed by atoms with Gasteiger partial charge in [-0.2, -0.15) is 0 Å². The molecule has 1 saturated heterocycles. The molecule has 1 aromatic carbocycles. The van der Waals surface area contributed by atoms with Gasteiger partial charge in [0.2, 0.25) is 0 Å². The van der Waals surface area contributed by atoms with Crippen LogP contribution in [0.3, 0.4) is 0 Å². The van der Waals surface area contributed by atoms with Crippen molar-refractivity contribution in [2.45, 2.75) is 12.5 Å². The van der Waals surface area contributed by atoms with E-state index in [4.69, 9.17) is 5.84 Å². The third-order valence-electron chi connectivity index (χ3n) is 3.06. The van der Waals surface area contributed by atoms with Crippen LogP contribution in [0.4, 0.5) is 17.1 Å². The molecule has 1 heterocycles. The first-order valence-electron chi connectivity index (χ1n) is 5.79. The fourth-order valence-electron chi connectivity index (χ4n) is 2.17. The molecule has 18 heavy (non-hydrogen) atoms. The highest BCUT2D eigenvalue weighted by molar-refractivity contribution is 5.63. The molecule has 0 saturated carbocycles. The van der Waals surface area contributed by atoms with Crippen molar-refractivity contribution in [1.82, 2.24) is 4.90 Å². The van der Waals surface area contributed by atoms with E-state index < -0.39 is 4.92 Å². The minimum Gasteiger partial charge on any atom is -0.381 e. The summed E-state index contributed by atoms with van der Waals surface area (Å²) in [6, 6.07) is 5.03. The second-order valence-electron chi connectivity index (χ2n) is 4.56. The number of nitro groups is 1. The summed E-state index contributed by atoms with van der Waals surface area (Å²) in [6.45, 7) is 1.97. The van der Waals surface area contributed by atoms with Gasteiger partial charge in [0.25, 0.3) is 5.69 Å². The smallest absolute Gasteiger partial charge is 0.273 e. The van der Waals surface area contributed by atoms with E-state index in [1.54, 1.807) is 6.07 Å². The Morgan fingerprint density at radius 2 is 2.17 bits per heavy atom. The molecule has 1 aliphatic heterocycles. The molecule has 0 aromatic heterocycles. The van der Waals surface area contributed by atoms with E-state index in [0.29, 0.717) is 11.7 Å². The first kappa shape index (κ1) is 12.6. The molecule has 0 radical (unpaired) electrons. The summed E-state index contributed by atoms with van der Waals surface area (Å²) >= 11 is 0. The molecule has 4 N–H and O–H groups in total. The molecule has 1 atom stereocenters. The second kappa shape index (κ2) is 5.19. The lowest BCUT2D eigenvalue weighted by Crippen LogP contribution is -2.23. The van der Waals surface area contributed by atoms with Crippen LogP contribution in [0, 0.1) is 10.1 Å². The van der Waals surface area contributed by atoms with Crippen molar-refractivity contribution in [3.05, 3.63) is 28.3 Å². The average Bonchev–Trinajstić information content (AvgIpc) is 2.74. The maximum atomic E-state index is 10.8. The molecule has 7 nitrogen and oxygen atoms in total. The number of non-ortho nitro benzene ring substituents is 1. The van der Waals surface area contributed by atoms with Gasteiger partial charge in [-0.3, -0.25) is 16.0 Å². The quantitative estimate of drug-likeness (QED) is 0.419. The number of hydrazine groups is 1. The minimum absolute atomic E-state index is 0.0271. The zero-order chi connectivity index (χ0) is 13.1. The molecule has 98 valence electrons. The van der Waals surface area contributed by atoms with Gasteiger partial charge in [0, 0.05) is 30.4 Å². The number of likely N-dealkylation sites (tertiary alicyclic amines) is 1. The predicted molar refractivity (Wildman–Crippen MR) is 70.4 cm³/mol. The van der Waals surface area contributed by atoms with Crippen LogP contribution in [0.5, 0.6) is 0 Å². The number of nitrogens with one attached hydrogen (secondary N) is 2. The summed E-state index contributed by atoms with van der Waals surface area (Å²) in [5, 5.41) is 14.1. The summed E-state index contributed by atoms with van der Waals surface area (Å²) in [5.41, 5.74) is 3.71. The van der Waals surface area contributed by atoms with Crippen molar-refractivity contribution in [3.63, 3.8) is 0 Å². The van der Waals surface area contributed by atoms with E-state index in [-0.39, 0.29) is 5.69 Å². The third-order valence-corrected chi connectivity index (χ3v) is 3.06. The van der Waals surface area contributed by atoms with Crippen molar-refractivity contribution in [1.29, 1.82) is 0 Å². The van der Waals surface area contributed by atoms with Crippen molar-refractivity contribution in [3.8, 4) is 0 Å². The van der Waals surface area contributed by atoms with Crippen molar-refractivity contribution in [2.24, 2.45) is 5.84 Å². The highest BCUT2D eigenvalue weighted by Crippen LogP contribution is 2.25. The average molecular weight is 251 g/mol. The van der Waals surface area contributed by atoms with Crippen LogP contribution < -0.4 is 16.6 Å². The minimum atomic E-state index is -0.424. The normalized spacial score (nSPS) is 19.8. The summed E-state index contributed by atoms with van der Waals surface area (Å²) in [5.74, 6) is 5.31. The lowest BCUT2D eigenvalue weighted by molar-refractivity contribution is -0.384. The van der Waals surface area contributed by atoms with Gasteiger partial charge in [-0.05, 0) is 26.1 Å². The molecule has 0 aliphatic carbocycles. The Morgan fingerprint density at radius 1 is 1.44 bits per heavy atom. The van der Waals surface area contributed by atoms with Crippen molar-refractivity contribution < 1.29 is 4.92 Å². The van der Waals surface area contributed by atoms with Gasteiger partial charge in [-0.15, -0.1) is 0 Å². The number of nitro benzene ring substituents is 1. The molecular weight excluding hydrogens is 234 g/mol. The van der Waals surface area contributed by atoms with Crippen LogP contribution in [0.25, 0.3) is 0 Å². The number of hydrogen-bond donors (Lipinski definition) is 3. The standard InChI is InChI=1S/C11H17N5O2/c1-15-3-2-8(7-15)13-9-4-10(14-12)6-11(5-9)16(17)18/h4-6,8,13-14H,2-3,7,12H2,1H3. The molecule has 1 aromatic rings. The first-order valence-corrected chi connectivity index (χ1v) is 5.79. The molecule has 0 amide bonds. The Bertz CT molecular complexity index is 451. The number of nitrogens with two attached hydrogens (primary N) is 1. The topological polar surface area (TPSA) is 96.5 Å². The summed E-state index contributed by atoms with van der Waals surface area (Å²) in [7, 11) is 2.06. The van der Waals surface area contributed by atoms with Gasteiger partial charge in [-0.25, -0.2) is 0 Å².